The van der Waals surface area contributed by atoms with Crippen molar-refractivity contribution in [1.29, 1.82) is 5.26 Å². The Labute approximate surface area is 144 Å². The van der Waals surface area contributed by atoms with E-state index in [1.165, 1.54) is 19.4 Å². The summed E-state index contributed by atoms with van der Waals surface area (Å²) in [5.41, 5.74) is 0.761. The summed E-state index contributed by atoms with van der Waals surface area (Å²) in [4.78, 5) is 14.3. The molecule has 1 aliphatic rings. The molecule has 8 heteroatoms. The van der Waals surface area contributed by atoms with Crippen molar-refractivity contribution in [3.8, 4) is 11.8 Å². The fourth-order valence-corrected chi connectivity index (χ4v) is 2.96. The first-order valence-electron chi connectivity index (χ1n) is 7.95. The molecule has 1 amide bonds. The van der Waals surface area contributed by atoms with Crippen molar-refractivity contribution >= 4 is 17.4 Å². The van der Waals surface area contributed by atoms with E-state index >= 15 is 0 Å². The van der Waals surface area contributed by atoms with E-state index in [9.17, 15) is 9.18 Å². The van der Waals surface area contributed by atoms with Crippen molar-refractivity contribution in [3.05, 3.63) is 35.8 Å². The van der Waals surface area contributed by atoms with Gasteiger partial charge in [0.05, 0.1) is 30.6 Å². The van der Waals surface area contributed by atoms with E-state index in [1.807, 2.05) is 11.0 Å². The maximum Gasteiger partial charge on any atom is 0.228 e. The van der Waals surface area contributed by atoms with Crippen LogP contribution in [-0.2, 0) is 4.79 Å². The van der Waals surface area contributed by atoms with Crippen LogP contribution >= 0.6 is 0 Å². The number of benzene rings is 1. The number of carbonyl (C=O) groups is 1. The number of ether oxygens (including phenoxy) is 1. The van der Waals surface area contributed by atoms with Crippen molar-refractivity contribution in [2.24, 2.45) is 5.92 Å². The van der Waals surface area contributed by atoms with Gasteiger partial charge in [-0.05, 0) is 31.0 Å². The molecule has 0 aliphatic carbocycles. The largest absolute Gasteiger partial charge is 0.491 e. The fraction of sp³-hybridized carbons (Fsp3) is 0.353. The lowest BCUT2D eigenvalue weighted by molar-refractivity contribution is -0.120. The summed E-state index contributed by atoms with van der Waals surface area (Å²) >= 11 is 0. The van der Waals surface area contributed by atoms with E-state index in [1.54, 1.807) is 12.1 Å². The lowest BCUT2D eigenvalue weighted by Crippen LogP contribution is -2.38. The summed E-state index contributed by atoms with van der Waals surface area (Å²) in [5.74, 6) is 0.232. The zero-order valence-corrected chi connectivity index (χ0v) is 13.8. The van der Waals surface area contributed by atoms with Gasteiger partial charge in [-0.1, -0.05) is 0 Å². The van der Waals surface area contributed by atoms with Gasteiger partial charge in [-0.15, -0.1) is 0 Å². The van der Waals surface area contributed by atoms with Gasteiger partial charge in [0.2, 0.25) is 5.91 Å². The summed E-state index contributed by atoms with van der Waals surface area (Å²) in [5, 5.41) is 18.1. The lowest BCUT2D eigenvalue weighted by atomic mass is 9.95. The zero-order valence-electron chi connectivity index (χ0n) is 13.8. The molecule has 1 aromatic heterocycles. The average Bonchev–Trinajstić information content (AvgIpc) is 3.08. The van der Waals surface area contributed by atoms with Crippen LogP contribution in [0.1, 0.15) is 18.4 Å². The molecule has 2 aromatic rings. The third-order valence-electron chi connectivity index (χ3n) is 4.36. The molecule has 2 N–H and O–H groups in total. The third-order valence-corrected chi connectivity index (χ3v) is 4.36. The van der Waals surface area contributed by atoms with Crippen LogP contribution in [0.5, 0.6) is 5.75 Å². The number of methoxy groups -OCH3 is 1. The van der Waals surface area contributed by atoms with Gasteiger partial charge in [0, 0.05) is 19.0 Å². The van der Waals surface area contributed by atoms with E-state index in [-0.39, 0.29) is 11.8 Å². The monoisotopic (exact) mass is 343 g/mol. The highest BCUT2D eigenvalue weighted by molar-refractivity contribution is 5.93. The molecule has 1 saturated heterocycles. The van der Waals surface area contributed by atoms with Gasteiger partial charge in [0.1, 0.15) is 5.82 Å². The van der Waals surface area contributed by atoms with Crippen molar-refractivity contribution in [2.75, 3.05) is 30.4 Å². The number of H-pyrrole nitrogens is 1. The second-order valence-electron chi connectivity index (χ2n) is 5.84. The van der Waals surface area contributed by atoms with Crippen LogP contribution in [0.15, 0.2) is 24.4 Å². The Morgan fingerprint density at radius 2 is 2.24 bits per heavy atom. The molecule has 2 heterocycles. The van der Waals surface area contributed by atoms with Gasteiger partial charge in [-0.3, -0.25) is 9.89 Å². The van der Waals surface area contributed by atoms with Crippen LogP contribution in [0.3, 0.4) is 0 Å². The number of aromatic amines is 1. The van der Waals surface area contributed by atoms with Gasteiger partial charge in [-0.25, -0.2) is 4.39 Å². The molecule has 130 valence electrons. The van der Waals surface area contributed by atoms with E-state index in [2.05, 4.69) is 15.5 Å². The molecule has 0 spiro atoms. The molecule has 1 aromatic carbocycles. The van der Waals surface area contributed by atoms with Crippen LogP contribution in [0.25, 0.3) is 0 Å². The summed E-state index contributed by atoms with van der Waals surface area (Å²) in [6, 6.07) is 6.37. The van der Waals surface area contributed by atoms with Gasteiger partial charge in [-0.2, -0.15) is 10.4 Å². The summed E-state index contributed by atoms with van der Waals surface area (Å²) in [6.45, 7) is 1.14. The highest BCUT2D eigenvalue weighted by Crippen LogP contribution is 2.28. The number of hydrogen-bond acceptors (Lipinski definition) is 5. The quantitative estimate of drug-likeness (QED) is 0.888. The van der Waals surface area contributed by atoms with E-state index in [4.69, 9.17) is 10.00 Å². The maximum absolute atomic E-state index is 14.1. The van der Waals surface area contributed by atoms with E-state index in [0.717, 1.165) is 0 Å². The SMILES string of the molecule is COc1cn[nH]c1NC(=O)C1CCN(c2ccc(C#N)cc2F)CC1. The van der Waals surface area contributed by atoms with Gasteiger partial charge >= 0.3 is 0 Å². The number of nitrogens with one attached hydrogen (secondary N) is 2. The predicted molar refractivity (Wildman–Crippen MR) is 89.8 cm³/mol. The Balaban J connectivity index is 1.60. The van der Waals surface area contributed by atoms with Crippen LogP contribution in [0, 0.1) is 23.1 Å². The number of aromatic nitrogens is 2. The molecule has 0 atom stereocenters. The molecule has 1 aliphatic heterocycles. The molecular weight excluding hydrogens is 325 g/mol. The van der Waals surface area contributed by atoms with Crippen molar-refractivity contribution < 1.29 is 13.9 Å². The molecule has 0 saturated carbocycles. The first kappa shape index (κ1) is 16.8. The first-order valence-corrected chi connectivity index (χ1v) is 7.95. The van der Waals surface area contributed by atoms with Crippen molar-refractivity contribution in [3.63, 3.8) is 0 Å². The summed E-state index contributed by atoms with van der Waals surface area (Å²) in [7, 11) is 1.51. The fourth-order valence-electron chi connectivity index (χ4n) is 2.96. The topological polar surface area (TPSA) is 94.0 Å². The minimum absolute atomic E-state index is 0.109. The molecule has 7 nitrogen and oxygen atoms in total. The van der Waals surface area contributed by atoms with E-state index < -0.39 is 5.82 Å². The Hall–Kier alpha value is -3.08. The second kappa shape index (κ2) is 7.21. The van der Waals surface area contributed by atoms with Gasteiger partial charge in [0.25, 0.3) is 0 Å². The number of anilines is 2. The first-order chi connectivity index (χ1) is 12.1. The molecule has 1 fully saturated rings. The lowest BCUT2D eigenvalue weighted by Gasteiger charge is -2.33. The standard InChI is InChI=1S/C17H18FN5O2/c1-25-15-10-20-22-16(15)21-17(24)12-4-6-23(7-5-12)14-3-2-11(9-19)8-13(14)18/h2-3,8,10,12H,4-7H2,1H3,(H2,20,21,22,24). The maximum atomic E-state index is 14.1. The molecule has 25 heavy (non-hydrogen) atoms. The number of carbonyl (C=O) groups excluding carboxylic acids is 1. The Morgan fingerprint density at radius 3 is 2.88 bits per heavy atom. The highest BCUT2D eigenvalue weighted by Gasteiger charge is 2.27. The molecule has 0 unspecified atom stereocenters. The normalized spacial score (nSPS) is 14.8. The number of nitriles is 1. The molecule has 0 radical (unpaired) electrons. The summed E-state index contributed by atoms with van der Waals surface area (Å²) in [6.07, 6.45) is 2.72. The number of halogens is 1. The van der Waals surface area contributed by atoms with Gasteiger partial charge < -0.3 is 15.0 Å². The highest BCUT2D eigenvalue weighted by atomic mass is 19.1. The Morgan fingerprint density at radius 1 is 1.48 bits per heavy atom. The van der Waals surface area contributed by atoms with E-state index in [0.29, 0.717) is 48.7 Å². The van der Waals surface area contributed by atoms with Crippen LogP contribution in [0.2, 0.25) is 0 Å². The molecular formula is C17H18FN5O2. The molecule has 3 rings (SSSR count). The smallest absolute Gasteiger partial charge is 0.228 e. The Kier molecular flexibility index (Phi) is 4.84. The Bertz CT molecular complexity index is 806. The minimum atomic E-state index is -0.413. The van der Waals surface area contributed by atoms with Crippen molar-refractivity contribution in [2.45, 2.75) is 12.8 Å². The number of rotatable bonds is 4. The number of amides is 1. The number of nitrogens with zero attached hydrogens (tertiary/aromatic N) is 3. The summed E-state index contributed by atoms with van der Waals surface area (Å²) < 4.78 is 19.2. The third kappa shape index (κ3) is 3.55. The van der Waals surface area contributed by atoms with Crippen LogP contribution < -0.4 is 15.0 Å². The van der Waals surface area contributed by atoms with Crippen LogP contribution in [0.4, 0.5) is 15.9 Å². The molecule has 0 bridgehead atoms. The minimum Gasteiger partial charge on any atom is -0.491 e. The second-order valence-corrected chi connectivity index (χ2v) is 5.84. The number of hydrogen-bond donors (Lipinski definition) is 2. The zero-order chi connectivity index (χ0) is 17.8. The van der Waals surface area contributed by atoms with Crippen molar-refractivity contribution in [1.82, 2.24) is 10.2 Å². The predicted octanol–water partition coefficient (Wildman–Crippen LogP) is 2.28. The van der Waals surface area contributed by atoms with Crippen LogP contribution in [-0.4, -0.2) is 36.3 Å². The average molecular weight is 343 g/mol. The number of piperidine rings is 1. The van der Waals surface area contributed by atoms with Gasteiger partial charge in [0.15, 0.2) is 11.6 Å².